The van der Waals surface area contributed by atoms with Crippen molar-refractivity contribution in [2.24, 2.45) is 0 Å². The Labute approximate surface area is 114 Å². The summed E-state index contributed by atoms with van der Waals surface area (Å²) in [6, 6.07) is 5.64. The minimum Gasteiger partial charge on any atom is -0.399 e. The van der Waals surface area contributed by atoms with Gasteiger partial charge in [-0.1, -0.05) is 0 Å². The van der Waals surface area contributed by atoms with Gasteiger partial charge in [0.15, 0.2) is 9.84 Å². The highest BCUT2D eigenvalue weighted by atomic mass is 32.2. The second kappa shape index (κ2) is 4.89. The molecule has 0 aliphatic carbocycles. The van der Waals surface area contributed by atoms with Crippen molar-refractivity contribution < 1.29 is 8.42 Å². The van der Waals surface area contributed by atoms with E-state index in [4.69, 9.17) is 5.73 Å². The number of hydrogen-bond donors (Lipinski definition) is 1. The number of anilines is 1. The van der Waals surface area contributed by atoms with Crippen molar-refractivity contribution in [3.8, 4) is 0 Å². The minimum atomic E-state index is -3.10. The largest absolute Gasteiger partial charge is 0.399 e. The van der Waals surface area contributed by atoms with Gasteiger partial charge in [-0.05, 0) is 44.5 Å². The highest BCUT2D eigenvalue weighted by molar-refractivity contribution is 7.91. The van der Waals surface area contributed by atoms with E-state index in [1.165, 1.54) is 0 Å². The number of aryl methyl sites for hydroxylation is 1. The molecule has 2 rings (SSSR count). The molecule has 0 unspecified atom stereocenters. The predicted molar refractivity (Wildman–Crippen MR) is 79.8 cm³/mol. The Hall–Kier alpha value is -1.49. The number of aromatic nitrogens is 1. The van der Waals surface area contributed by atoms with E-state index < -0.39 is 9.84 Å². The summed E-state index contributed by atoms with van der Waals surface area (Å²) < 4.78 is 26.2. The second-order valence-electron chi connectivity index (χ2n) is 5.07. The molecule has 0 fully saturated rings. The average molecular weight is 280 g/mol. The monoisotopic (exact) mass is 280 g/mol. The third-order valence-electron chi connectivity index (χ3n) is 3.40. The summed E-state index contributed by atoms with van der Waals surface area (Å²) in [6.45, 7) is 6.27. The lowest BCUT2D eigenvalue weighted by Crippen LogP contribution is -2.15. The summed E-state index contributed by atoms with van der Waals surface area (Å²) >= 11 is 0. The number of fused-ring (bicyclic) bond motifs is 1. The Morgan fingerprint density at radius 1 is 1.32 bits per heavy atom. The number of nitrogens with two attached hydrogens (primary N) is 1. The van der Waals surface area contributed by atoms with Crippen molar-refractivity contribution in [2.45, 2.75) is 38.3 Å². The number of rotatable bonds is 4. The maximum atomic E-state index is 12.1. The molecule has 104 valence electrons. The normalized spacial score (nSPS) is 12.4. The van der Waals surface area contributed by atoms with E-state index in [1.54, 1.807) is 13.8 Å². The molecule has 0 radical (unpaired) electrons. The van der Waals surface area contributed by atoms with E-state index in [2.05, 4.69) is 4.57 Å². The van der Waals surface area contributed by atoms with Crippen LogP contribution in [0.5, 0.6) is 0 Å². The molecule has 1 aromatic carbocycles. The van der Waals surface area contributed by atoms with Gasteiger partial charge in [0, 0.05) is 29.3 Å². The number of nitrogens with zero attached hydrogens (tertiary/aromatic N) is 1. The first-order valence-corrected chi connectivity index (χ1v) is 8.15. The van der Waals surface area contributed by atoms with Crippen LogP contribution in [0, 0.1) is 0 Å². The topological polar surface area (TPSA) is 65.1 Å². The fraction of sp³-hybridized carbons (Fsp3) is 0.429. The molecule has 0 bridgehead atoms. The fourth-order valence-corrected chi connectivity index (χ4v) is 3.15. The lowest BCUT2D eigenvalue weighted by molar-refractivity contribution is 0.586. The molecule has 0 atom stereocenters. The molecule has 0 aliphatic heterocycles. The summed E-state index contributed by atoms with van der Waals surface area (Å²) in [6.07, 6.45) is 1.92. The molecule has 4 nitrogen and oxygen atoms in total. The minimum absolute atomic E-state index is 0.0671. The third-order valence-corrected chi connectivity index (χ3v) is 5.55. The zero-order valence-corrected chi connectivity index (χ0v) is 12.4. The number of nitrogen functional groups attached to an aromatic ring is 1. The van der Waals surface area contributed by atoms with Crippen molar-refractivity contribution in [3.63, 3.8) is 0 Å². The van der Waals surface area contributed by atoms with Gasteiger partial charge in [0.1, 0.15) is 0 Å². The fourth-order valence-electron chi connectivity index (χ4n) is 2.15. The molecular formula is C14H20N2O2S. The van der Waals surface area contributed by atoms with Crippen molar-refractivity contribution in [1.82, 2.24) is 4.57 Å². The van der Waals surface area contributed by atoms with Gasteiger partial charge in [-0.3, -0.25) is 0 Å². The number of hydrogen-bond acceptors (Lipinski definition) is 3. The molecule has 0 aliphatic rings. The van der Waals surface area contributed by atoms with Crippen LogP contribution in [0.1, 0.15) is 26.3 Å². The van der Waals surface area contributed by atoms with Crippen LogP contribution in [0.15, 0.2) is 24.4 Å². The lowest BCUT2D eigenvalue weighted by Gasteiger charge is -2.06. The van der Waals surface area contributed by atoms with Crippen LogP contribution < -0.4 is 5.73 Å². The van der Waals surface area contributed by atoms with Crippen LogP contribution in [0.25, 0.3) is 10.9 Å². The van der Waals surface area contributed by atoms with E-state index >= 15 is 0 Å². The number of benzene rings is 1. The molecule has 1 heterocycles. The zero-order valence-electron chi connectivity index (χ0n) is 11.6. The Kier molecular flexibility index (Phi) is 3.58. The van der Waals surface area contributed by atoms with Crippen molar-refractivity contribution in [1.29, 1.82) is 0 Å². The van der Waals surface area contributed by atoms with Gasteiger partial charge in [-0.15, -0.1) is 0 Å². The predicted octanol–water partition coefficient (Wildman–Crippen LogP) is 2.57. The summed E-state index contributed by atoms with van der Waals surface area (Å²) in [5.41, 5.74) is 8.33. The summed E-state index contributed by atoms with van der Waals surface area (Å²) in [7, 11) is -3.10. The van der Waals surface area contributed by atoms with E-state index in [0.717, 1.165) is 23.0 Å². The Morgan fingerprint density at radius 2 is 2.00 bits per heavy atom. The van der Waals surface area contributed by atoms with Crippen LogP contribution >= 0.6 is 0 Å². The van der Waals surface area contributed by atoms with Crippen LogP contribution in [-0.4, -0.2) is 18.2 Å². The lowest BCUT2D eigenvalue weighted by atomic mass is 10.2. The van der Waals surface area contributed by atoms with Crippen LogP contribution in [0.3, 0.4) is 0 Å². The molecule has 1 aromatic heterocycles. The Balaban J connectivity index is 2.58. The highest BCUT2D eigenvalue weighted by Crippen LogP contribution is 2.26. The summed E-state index contributed by atoms with van der Waals surface area (Å²) in [4.78, 5) is 0. The van der Waals surface area contributed by atoms with Gasteiger partial charge in [0.05, 0.1) is 11.0 Å². The van der Waals surface area contributed by atoms with E-state index in [1.807, 2.05) is 31.3 Å². The molecule has 0 saturated heterocycles. The van der Waals surface area contributed by atoms with Crippen LogP contribution in [0.2, 0.25) is 0 Å². The van der Waals surface area contributed by atoms with Crippen LogP contribution in [-0.2, 0) is 22.1 Å². The first-order valence-electron chi connectivity index (χ1n) is 6.44. The molecule has 2 aromatic rings. The van der Waals surface area contributed by atoms with E-state index in [0.29, 0.717) is 5.69 Å². The van der Waals surface area contributed by atoms with Gasteiger partial charge in [0.2, 0.25) is 0 Å². The highest BCUT2D eigenvalue weighted by Gasteiger charge is 2.20. The Bertz CT molecular complexity index is 700. The summed E-state index contributed by atoms with van der Waals surface area (Å²) in [5.74, 6) is 0.0671. The van der Waals surface area contributed by atoms with Crippen molar-refractivity contribution in [3.05, 3.63) is 30.0 Å². The maximum absolute atomic E-state index is 12.1. The average Bonchev–Trinajstić information content (AvgIpc) is 2.66. The summed E-state index contributed by atoms with van der Waals surface area (Å²) in [5, 5.41) is 0.569. The first kappa shape index (κ1) is 13.9. The second-order valence-corrected chi connectivity index (χ2v) is 7.63. The molecular weight excluding hydrogens is 260 g/mol. The molecule has 0 spiro atoms. The standard InChI is InChI=1S/C14H20N2O2S/c1-4-16-8-11(9-19(17,18)10(2)3)13-7-12(15)5-6-14(13)16/h5-8,10H,4,9,15H2,1-3H3. The smallest absolute Gasteiger partial charge is 0.156 e. The van der Waals surface area contributed by atoms with Gasteiger partial charge in [0.25, 0.3) is 0 Å². The van der Waals surface area contributed by atoms with Crippen molar-refractivity contribution in [2.75, 3.05) is 5.73 Å². The molecule has 19 heavy (non-hydrogen) atoms. The molecule has 2 N–H and O–H groups in total. The van der Waals surface area contributed by atoms with Gasteiger partial charge >= 0.3 is 0 Å². The van der Waals surface area contributed by atoms with E-state index in [9.17, 15) is 8.42 Å². The Morgan fingerprint density at radius 3 is 2.58 bits per heavy atom. The molecule has 5 heteroatoms. The quantitative estimate of drug-likeness (QED) is 0.875. The molecule has 0 amide bonds. The number of sulfone groups is 1. The molecule has 0 saturated carbocycles. The zero-order chi connectivity index (χ0) is 14.2. The maximum Gasteiger partial charge on any atom is 0.156 e. The van der Waals surface area contributed by atoms with Gasteiger partial charge < -0.3 is 10.3 Å². The van der Waals surface area contributed by atoms with Gasteiger partial charge in [-0.2, -0.15) is 0 Å². The van der Waals surface area contributed by atoms with Crippen LogP contribution in [0.4, 0.5) is 5.69 Å². The SMILES string of the molecule is CCn1cc(CS(=O)(=O)C(C)C)c2cc(N)ccc21. The van der Waals surface area contributed by atoms with Crippen molar-refractivity contribution >= 4 is 26.4 Å². The third kappa shape index (κ3) is 2.61. The van der Waals surface area contributed by atoms with Gasteiger partial charge in [-0.25, -0.2) is 8.42 Å². The first-order chi connectivity index (χ1) is 8.85. The van der Waals surface area contributed by atoms with E-state index in [-0.39, 0.29) is 11.0 Å².